The largest absolute Gasteiger partial charge is 0.444 e. The van der Waals surface area contributed by atoms with Crippen LogP contribution in [0.25, 0.3) is 22.3 Å². The van der Waals surface area contributed by atoms with Gasteiger partial charge >= 0.3 is 6.09 Å². The zero-order valence-electron chi connectivity index (χ0n) is 17.8. The number of hydrogen-bond donors (Lipinski definition) is 3. The summed E-state index contributed by atoms with van der Waals surface area (Å²) in [6.45, 7) is 4.85. The van der Waals surface area contributed by atoms with Gasteiger partial charge in [0, 0.05) is 27.8 Å². The Balaban J connectivity index is 1.32. The van der Waals surface area contributed by atoms with Crippen molar-refractivity contribution in [1.82, 2.24) is 15.2 Å². The molecule has 1 aliphatic rings. The van der Waals surface area contributed by atoms with Gasteiger partial charge in [-0.25, -0.2) is 4.79 Å². The zero-order chi connectivity index (χ0) is 21.4. The van der Waals surface area contributed by atoms with Gasteiger partial charge in [0.25, 0.3) is 0 Å². The number of hydrogen-bond acceptors (Lipinski definition) is 3. The quantitative estimate of drug-likeness (QED) is 0.393. The van der Waals surface area contributed by atoms with Gasteiger partial charge in [0.15, 0.2) is 0 Å². The summed E-state index contributed by atoms with van der Waals surface area (Å²) in [6, 6.07) is 17.5. The number of benzene rings is 2. The van der Waals surface area contributed by atoms with Crippen LogP contribution >= 0.6 is 0 Å². The van der Waals surface area contributed by atoms with E-state index in [1.54, 1.807) is 0 Å². The third kappa shape index (κ3) is 4.06. The third-order valence-electron chi connectivity index (χ3n) is 6.00. The Hall–Kier alpha value is -3.54. The first-order valence-electron chi connectivity index (χ1n) is 10.6. The molecule has 0 bridgehead atoms. The summed E-state index contributed by atoms with van der Waals surface area (Å²) in [5.74, 6) is 0. The van der Waals surface area contributed by atoms with Crippen LogP contribution in [0.5, 0.6) is 0 Å². The van der Waals surface area contributed by atoms with Crippen LogP contribution < -0.4 is 5.32 Å². The molecular formula is C25H26N4O2. The van der Waals surface area contributed by atoms with Gasteiger partial charge in [0.2, 0.25) is 0 Å². The predicted octanol–water partition coefficient (Wildman–Crippen LogP) is 5.82. The minimum atomic E-state index is -0.473. The van der Waals surface area contributed by atoms with Crippen molar-refractivity contribution in [1.29, 1.82) is 0 Å². The number of amides is 1. The van der Waals surface area contributed by atoms with Crippen LogP contribution in [0.4, 0.5) is 10.5 Å². The van der Waals surface area contributed by atoms with Crippen LogP contribution in [0.3, 0.4) is 0 Å². The minimum Gasteiger partial charge on any atom is -0.444 e. The van der Waals surface area contributed by atoms with Crippen LogP contribution in [0.2, 0.25) is 0 Å². The van der Waals surface area contributed by atoms with Crippen LogP contribution in [-0.4, -0.2) is 21.3 Å². The molecule has 0 unspecified atom stereocenters. The van der Waals surface area contributed by atoms with Crippen molar-refractivity contribution in [3.8, 4) is 11.4 Å². The molecule has 2 heterocycles. The van der Waals surface area contributed by atoms with Gasteiger partial charge in [-0.15, -0.1) is 0 Å². The van der Waals surface area contributed by atoms with Gasteiger partial charge < -0.3 is 9.72 Å². The van der Waals surface area contributed by atoms with Crippen molar-refractivity contribution >= 4 is 22.7 Å². The Morgan fingerprint density at radius 2 is 2.00 bits per heavy atom. The Morgan fingerprint density at radius 3 is 2.84 bits per heavy atom. The van der Waals surface area contributed by atoms with Crippen LogP contribution in [0.15, 0.2) is 54.6 Å². The fraction of sp³-hybridized carbons (Fsp3) is 0.280. The number of nitrogens with one attached hydrogen (secondary N) is 3. The Labute approximate surface area is 181 Å². The summed E-state index contributed by atoms with van der Waals surface area (Å²) in [5.41, 5.74) is 7.45. The normalized spacial score (nSPS) is 14.9. The highest BCUT2D eigenvalue weighted by atomic mass is 16.5. The van der Waals surface area contributed by atoms with E-state index in [1.165, 1.54) is 11.3 Å². The van der Waals surface area contributed by atoms with E-state index in [0.717, 1.165) is 47.1 Å². The number of H-pyrrole nitrogens is 2. The maximum absolute atomic E-state index is 12.2. The molecule has 1 aliphatic carbocycles. The molecule has 0 saturated carbocycles. The monoisotopic (exact) mass is 414 g/mol. The van der Waals surface area contributed by atoms with Gasteiger partial charge in [-0.1, -0.05) is 50.2 Å². The summed E-state index contributed by atoms with van der Waals surface area (Å²) in [4.78, 5) is 15.6. The van der Waals surface area contributed by atoms with E-state index < -0.39 is 6.09 Å². The SMILES string of the molecule is CC1(C)CCc2c(-c3cc4ccc(NC(=O)OCc5ccccc5)cc4[nH]3)n[nH]c2C1. The minimum absolute atomic E-state index is 0.239. The number of fused-ring (bicyclic) bond motifs is 2. The lowest BCUT2D eigenvalue weighted by Crippen LogP contribution is -2.21. The molecule has 2 aromatic heterocycles. The van der Waals surface area contributed by atoms with E-state index in [4.69, 9.17) is 4.74 Å². The number of aromatic nitrogens is 3. The number of rotatable bonds is 4. The van der Waals surface area contributed by atoms with Crippen molar-refractivity contribution in [2.45, 2.75) is 39.7 Å². The molecule has 1 amide bonds. The topological polar surface area (TPSA) is 82.8 Å². The Bertz CT molecular complexity index is 1240. The molecule has 0 aliphatic heterocycles. The van der Waals surface area contributed by atoms with E-state index >= 15 is 0 Å². The highest BCUT2D eigenvalue weighted by Crippen LogP contribution is 2.38. The molecule has 6 heteroatoms. The average molecular weight is 415 g/mol. The van der Waals surface area contributed by atoms with Crippen LogP contribution in [-0.2, 0) is 24.2 Å². The van der Waals surface area contributed by atoms with E-state index in [0.29, 0.717) is 11.1 Å². The van der Waals surface area contributed by atoms with Gasteiger partial charge in [-0.2, -0.15) is 5.10 Å². The molecule has 158 valence electrons. The Morgan fingerprint density at radius 1 is 1.16 bits per heavy atom. The van der Waals surface area contributed by atoms with Crippen molar-refractivity contribution in [3.05, 3.63) is 71.4 Å². The maximum Gasteiger partial charge on any atom is 0.411 e. The zero-order valence-corrected chi connectivity index (χ0v) is 17.8. The smallest absolute Gasteiger partial charge is 0.411 e. The summed E-state index contributed by atoms with van der Waals surface area (Å²) in [7, 11) is 0. The van der Waals surface area contributed by atoms with Crippen molar-refractivity contribution in [2.24, 2.45) is 5.41 Å². The molecule has 0 saturated heterocycles. The highest BCUT2D eigenvalue weighted by Gasteiger charge is 2.29. The highest BCUT2D eigenvalue weighted by molar-refractivity contribution is 5.92. The van der Waals surface area contributed by atoms with E-state index in [2.05, 4.69) is 40.4 Å². The van der Waals surface area contributed by atoms with E-state index in [-0.39, 0.29) is 6.61 Å². The predicted molar refractivity (Wildman–Crippen MR) is 122 cm³/mol. The number of carbonyl (C=O) groups excluding carboxylic acids is 1. The molecule has 0 radical (unpaired) electrons. The maximum atomic E-state index is 12.2. The average Bonchev–Trinajstić information content (AvgIpc) is 3.35. The number of ether oxygens (including phenoxy) is 1. The van der Waals surface area contributed by atoms with Gasteiger partial charge in [-0.05, 0) is 48.4 Å². The van der Waals surface area contributed by atoms with Gasteiger partial charge in [0.05, 0.1) is 5.69 Å². The third-order valence-corrected chi connectivity index (χ3v) is 6.00. The lowest BCUT2D eigenvalue weighted by Gasteiger charge is -2.28. The molecule has 0 spiro atoms. The fourth-order valence-electron chi connectivity index (χ4n) is 4.28. The second-order valence-electron chi connectivity index (χ2n) is 9.04. The standard InChI is InChI=1S/C25H26N4O2/c1-25(2)11-10-19-22(14-25)28-29-23(19)21-12-17-8-9-18(13-20(17)27-21)26-24(30)31-15-16-6-4-3-5-7-16/h3-9,12-13,27H,10-11,14-15H2,1-2H3,(H,26,30)(H,28,29). The lowest BCUT2D eigenvalue weighted by atomic mass is 9.76. The molecule has 0 fully saturated rings. The van der Waals surface area contributed by atoms with Crippen molar-refractivity contribution in [2.75, 3.05) is 5.32 Å². The molecule has 6 nitrogen and oxygen atoms in total. The van der Waals surface area contributed by atoms with Crippen molar-refractivity contribution in [3.63, 3.8) is 0 Å². The van der Waals surface area contributed by atoms with E-state index in [9.17, 15) is 4.79 Å². The summed E-state index contributed by atoms with van der Waals surface area (Å²) in [5, 5.41) is 11.7. The summed E-state index contributed by atoms with van der Waals surface area (Å²) < 4.78 is 5.31. The molecule has 5 rings (SSSR count). The molecule has 31 heavy (non-hydrogen) atoms. The van der Waals surface area contributed by atoms with Crippen LogP contribution in [0.1, 0.15) is 37.1 Å². The summed E-state index contributed by atoms with van der Waals surface area (Å²) in [6.07, 6.45) is 2.74. The van der Waals surface area contributed by atoms with Crippen LogP contribution in [0, 0.1) is 5.41 Å². The molecule has 3 N–H and O–H groups in total. The fourth-order valence-corrected chi connectivity index (χ4v) is 4.28. The first-order chi connectivity index (χ1) is 15.0. The van der Waals surface area contributed by atoms with Crippen molar-refractivity contribution < 1.29 is 9.53 Å². The number of carbonyl (C=O) groups is 1. The number of aromatic amines is 2. The van der Waals surface area contributed by atoms with Gasteiger partial charge in [-0.3, -0.25) is 10.4 Å². The molecule has 4 aromatic rings. The second-order valence-corrected chi connectivity index (χ2v) is 9.04. The van der Waals surface area contributed by atoms with Gasteiger partial charge in [0.1, 0.15) is 12.3 Å². The molecule has 0 atom stereocenters. The second kappa shape index (κ2) is 7.61. The number of anilines is 1. The molecule has 2 aromatic carbocycles. The first kappa shape index (κ1) is 19.4. The molecular weight excluding hydrogens is 388 g/mol. The lowest BCUT2D eigenvalue weighted by molar-refractivity contribution is 0.155. The van der Waals surface area contributed by atoms with E-state index in [1.807, 2.05) is 48.5 Å². The Kier molecular flexibility index (Phi) is 4.77. The summed E-state index contributed by atoms with van der Waals surface area (Å²) >= 11 is 0. The number of nitrogens with zero attached hydrogens (tertiary/aromatic N) is 1. The first-order valence-corrected chi connectivity index (χ1v) is 10.6.